The van der Waals surface area contributed by atoms with Gasteiger partial charge in [-0.15, -0.1) is 0 Å². The predicted octanol–water partition coefficient (Wildman–Crippen LogP) is 2.52. The molecule has 1 aliphatic heterocycles. The lowest BCUT2D eigenvalue weighted by Crippen LogP contribution is -2.47. The lowest BCUT2D eigenvalue weighted by molar-refractivity contribution is -0.141. The van der Waals surface area contributed by atoms with Crippen molar-refractivity contribution in [3.63, 3.8) is 0 Å². The molecule has 4 nitrogen and oxygen atoms in total. The van der Waals surface area contributed by atoms with Crippen molar-refractivity contribution < 1.29 is 14.7 Å². The summed E-state index contributed by atoms with van der Waals surface area (Å²) < 4.78 is 0. The standard InChI is InChI=1S/C15H25NO3/c1-15(2,3)11-6-4-5-7-12(11)16-9-10(14(18)19)8-13(16)17/h10-12H,4-9H2,1-3H3,(H,18,19). The summed E-state index contributed by atoms with van der Waals surface area (Å²) in [6.45, 7) is 7.09. The molecular weight excluding hydrogens is 242 g/mol. The van der Waals surface area contributed by atoms with Crippen LogP contribution in [0.15, 0.2) is 0 Å². The molecule has 1 N–H and O–H groups in total. The van der Waals surface area contributed by atoms with Gasteiger partial charge in [0.15, 0.2) is 0 Å². The normalized spacial score (nSPS) is 32.7. The fourth-order valence-electron chi connectivity index (χ4n) is 3.71. The Bertz CT molecular complexity index is 372. The van der Waals surface area contributed by atoms with E-state index in [4.69, 9.17) is 5.11 Å². The van der Waals surface area contributed by atoms with Gasteiger partial charge >= 0.3 is 5.97 Å². The number of carbonyl (C=O) groups is 2. The molecule has 0 spiro atoms. The topological polar surface area (TPSA) is 57.6 Å². The number of hydrogen-bond donors (Lipinski definition) is 1. The first kappa shape index (κ1) is 14.4. The molecular formula is C15H25NO3. The molecule has 0 bridgehead atoms. The van der Waals surface area contributed by atoms with Crippen LogP contribution in [0.1, 0.15) is 52.9 Å². The molecule has 108 valence electrons. The molecule has 1 aliphatic carbocycles. The highest BCUT2D eigenvalue weighted by atomic mass is 16.4. The number of likely N-dealkylation sites (tertiary alicyclic amines) is 1. The summed E-state index contributed by atoms with van der Waals surface area (Å²) in [4.78, 5) is 25.1. The van der Waals surface area contributed by atoms with E-state index in [0.29, 0.717) is 12.5 Å². The van der Waals surface area contributed by atoms with Crippen molar-refractivity contribution in [3.8, 4) is 0 Å². The zero-order valence-corrected chi connectivity index (χ0v) is 12.2. The molecule has 0 radical (unpaired) electrons. The maximum atomic E-state index is 12.1. The summed E-state index contributed by atoms with van der Waals surface area (Å²) in [7, 11) is 0. The van der Waals surface area contributed by atoms with Gasteiger partial charge in [0, 0.05) is 19.0 Å². The third-order valence-electron chi connectivity index (χ3n) is 4.75. The molecule has 1 amide bonds. The second kappa shape index (κ2) is 5.14. The average molecular weight is 267 g/mol. The Morgan fingerprint density at radius 2 is 1.89 bits per heavy atom. The van der Waals surface area contributed by atoms with Gasteiger partial charge in [-0.2, -0.15) is 0 Å². The minimum absolute atomic E-state index is 0.0357. The predicted molar refractivity (Wildman–Crippen MR) is 72.7 cm³/mol. The summed E-state index contributed by atoms with van der Waals surface area (Å²) in [5.74, 6) is -0.819. The molecule has 0 aromatic heterocycles. The number of carboxylic acids is 1. The van der Waals surface area contributed by atoms with Gasteiger partial charge < -0.3 is 10.0 Å². The van der Waals surface area contributed by atoms with Gasteiger partial charge in [-0.3, -0.25) is 9.59 Å². The number of carboxylic acid groups (broad SMARTS) is 1. The van der Waals surface area contributed by atoms with Crippen molar-refractivity contribution in [2.45, 2.75) is 58.9 Å². The highest BCUT2D eigenvalue weighted by Crippen LogP contribution is 2.41. The number of hydrogen-bond acceptors (Lipinski definition) is 2. The van der Waals surface area contributed by atoms with Crippen LogP contribution < -0.4 is 0 Å². The Morgan fingerprint density at radius 3 is 2.42 bits per heavy atom. The third-order valence-corrected chi connectivity index (χ3v) is 4.75. The van der Waals surface area contributed by atoms with Crippen LogP contribution in [-0.4, -0.2) is 34.5 Å². The average Bonchev–Trinajstić information content (AvgIpc) is 2.70. The van der Waals surface area contributed by atoms with Crippen LogP contribution in [0.2, 0.25) is 0 Å². The number of nitrogens with zero attached hydrogens (tertiary/aromatic N) is 1. The zero-order chi connectivity index (χ0) is 14.2. The van der Waals surface area contributed by atoms with Crippen LogP contribution in [0, 0.1) is 17.3 Å². The zero-order valence-electron chi connectivity index (χ0n) is 12.2. The Kier molecular flexibility index (Phi) is 3.88. The van der Waals surface area contributed by atoms with E-state index in [-0.39, 0.29) is 23.8 Å². The van der Waals surface area contributed by atoms with E-state index in [1.807, 2.05) is 4.90 Å². The molecule has 0 aromatic carbocycles. The molecule has 2 fully saturated rings. The second-order valence-electron chi connectivity index (χ2n) is 7.11. The molecule has 0 aromatic rings. The van der Waals surface area contributed by atoms with Gasteiger partial charge in [0.1, 0.15) is 0 Å². The Hall–Kier alpha value is -1.06. The summed E-state index contributed by atoms with van der Waals surface area (Å²) in [6, 6.07) is 0.241. The van der Waals surface area contributed by atoms with Crippen LogP contribution in [-0.2, 0) is 9.59 Å². The van der Waals surface area contributed by atoms with Crippen LogP contribution in [0.4, 0.5) is 0 Å². The van der Waals surface area contributed by atoms with Crippen LogP contribution >= 0.6 is 0 Å². The minimum Gasteiger partial charge on any atom is -0.481 e. The summed E-state index contributed by atoms with van der Waals surface area (Å²) in [5.41, 5.74) is 0.173. The van der Waals surface area contributed by atoms with Gasteiger partial charge in [-0.1, -0.05) is 33.6 Å². The Balaban J connectivity index is 2.15. The van der Waals surface area contributed by atoms with Crippen molar-refractivity contribution in [3.05, 3.63) is 0 Å². The number of rotatable bonds is 2. The number of carbonyl (C=O) groups excluding carboxylic acids is 1. The van der Waals surface area contributed by atoms with Gasteiger partial charge in [0.05, 0.1) is 5.92 Å². The van der Waals surface area contributed by atoms with E-state index < -0.39 is 11.9 Å². The first-order chi connectivity index (χ1) is 8.80. The molecule has 3 unspecified atom stereocenters. The lowest BCUT2D eigenvalue weighted by atomic mass is 9.69. The maximum Gasteiger partial charge on any atom is 0.308 e. The summed E-state index contributed by atoms with van der Waals surface area (Å²) in [6.07, 6.45) is 4.74. The molecule has 3 atom stereocenters. The number of aliphatic carboxylic acids is 1. The van der Waals surface area contributed by atoms with Gasteiger partial charge in [-0.25, -0.2) is 0 Å². The van der Waals surface area contributed by atoms with Crippen LogP contribution in [0.5, 0.6) is 0 Å². The monoisotopic (exact) mass is 267 g/mol. The maximum absolute atomic E-state index is 12.1. The minimum atomic E-state index is -0.834. The smallest absolute Gasteiger partial charge is 0.308 e. The van der Waals surface area contributed by atoms with E-state index in [2.05, 4.69) is 20.8 Å². The highest BCUT2D eigenvalue weighted by molar-refractivity contribution is 5.86. The molecule has 4 heteroatoms. The van der Waals surface area contributed by atoms with Crippen LogP contribution in [0.3, 0.4) is 0 Å². The van der Waals surface area contributed by atoms with Gasteiger partial charge in [0.2, 0.25) is 5.91 Å². The van der Waals surface area contributed by atoms with Crippen molar-refractivity contribution >= 4 is 11.9 Å². The second-order valence-corrected chi connectivity index (χ2v) is 7.11. The first-order valence-electron chi connectivity index (χ1n) is 7.33. The fraction of sp³-hybridized carbons (Fsp3) is 0.867. The molecule has 1 heterocycles. The Morgan fingerprint density at radius 1 is 1.26 bits per heavy atom. The number of amides is 1. The molecule has 2 rings (SSSR count). The third kappa shape index (κ3) is 2.93. The molecule has 19 heavy (non-hydrogen) atoms. The van der Waals surface area contributed by atoms with Gasteiger partial charge in [-0.05, 0) is 24.2 Å². The van der Waals surface area contributed by atoms with Crippen molar-refractivity contribution in [2.75, 3.05) is 6.54 Å². The van der Waals surface area contributed by atoms with Crippen molar-refractivity contribution in [1.82, 2.24) is 4.90 Å². The quantitative estimate of drug-likeness (QED) is 0.836. The van der Waals surface area contributed by atoms with E-state index >= 15 is 0 Å². The first-order valence-corrected chi connectivity index (χ1v) is 7.33. The van der Waals surface area contributed by atoms with Gasteiger partial charge in [0.25, 0.3) is 0 Å². The van der Waals surface area contributed by atoms with Crippen molar-refractivity contribution in [1.29, 1.82) is 0 Å². The highest BCUT2D eigenvalue weighted by Gasteiger charge is 2.44. The molecule has 1 saturated carbocycles. The lowest BCUT2D eigenvalue weighted by Gasteiger charge is -2.44. The van der Waals surface area contributed by atoms with E-state index in [0.717, 1.165) is 19.3 Å². The summed E-state index contributed by atoms with van der Waals surface area (Å²) in [5, 5.41) is 9.09. The van der Waals surface area contributed by atoms with E-state index in [1.165, 1.54) is 6.42 Å². The molecule has 1 saturated heterocycles. The summed E-state index contributed by atoms with van der Waals surface area (Å²) >= 11 is 0. The fourth-order valence-corrected chi connectivity index (χ4v) is 3.71. The van der Waals surface area contributed by atoms with Crippen molar-refractivity contribution in [2.24, 2.45) is 17.3 Å². The van der Waals surface area contributed by atoms with Crippen LogP contribution in [0.25, 0.3) is 0 Å². The van der Waals surface area contributed by atoms with E-state index in [1.54, 1.807) is 0 Å². The Labute approximate surface area is 115 Å². The largest absolute Gasteiger partial charge is 0.481 e. The SMILES string of the molecule is CC(C)(C)C1CCCCC1N1CC(C(=O)O)CC1=O. The molecule has 2 aliphatic rings. The van der Waals surface area contributed by atoms with E-state index in [9.17, 15) is 9.59 Å².